The van der Waals surface area contributed by atoms with Gasteiger partial charge in [0, 0.05) is 25.0 Å². The number of nitrogens with two attached hydrogens (primary N) is 1. The quantitative estimate of drug-likeness (QED) is 0.870. The van der Waals surface area contributed by atoms with Gasteiger partial charge >= 0.3 is 0 Å². The Morgan fingerprint density at radius 3 is 2.22 bits per heavy atom. The molecule has 2 rings (SSSR count). The van der Waals surface area contributed by atoms with Crippen LogP contribution in [0.3, 0.4) is 0 Å². The first-order chi connectivity index (χ1) is 8.61. The number of phenolic OH excluding ortho intramolecular Hbond substituents is 1. The topological polar surface area (TPSA) is 49.5 Å². The highest BCUT2D eigenvalue weighted by Crippen LogP contribution is 2.26. The first-order valence-electron chi connectivity index (χ1n) is 5.94. The monoisotopic (exact) mass is 242 g/mol. The lowest BCUT2D eigenvalue weighted by Gasteiger charge is -2.20. The third kappa shape index (κ3) is 2.46. The summed E-state index contributed by atoms with van der Waals surface area (Å²) in [6.45, 7) is 2.63. The molecule has 0 saturated carbocycles. The molecule has 0 bridgehead atoms. The van der Waals surface area contributed by atoms with Crippen molar-refractivity contribution in [3.05, 3.63) is 53.6 Å². The minimum atomic E-state index is 0.279. The zero-order chi connectivity index (χ0) is 13.1. The van der Waals surface area contributed by atoms with Crippen LogP contribution in [0, 0.1) is 6.92 Å². The second-order valence-corrected chi connectivity index (χ2v) is 4.39. The molecular formula is C15H18N2O. The Kier molecular flexibility index (Phi) is 3.53. The number of nitrogens with zero attached hydrogens (tertiary/aromatic N) is 1. The minimum Gasteiger partial charge on any atom is -0.508 e. The SMILES string of the molecule is Cc1cc(N(C)c2ccc(O)cc2)ccc1CN. The first-order valence-corrected chi connectivity index (χ1v) is 5.94. The molecule has 0 heterocycles. The van der Waals surface area contributed by atoms with E-state index in [1.165, 1.54) is 5.56 Å². The van der Waals surface area contributed by atoms with Gasteiger partial charge in [0.05, 0.1) is 0 Å². The third-order valence-electron chi connectivity index (χ3n) is 3.17. The molecule has 0 atom stereocenters. The summed E-state index contributed by atoms with van der Waals surface area (Å²) in [4.78, 5) is 2.08. The van der Waals surface area contributed by atoms with Gasteiger partial charge in [-0.2, -0.15) is 0 Å². The predicted molar refractivity (Wildman–Crippen MR) is 75.2 cm³/mol. The van der Waals surface area contributed by atoms with Gasteiger partial charge in [0.25, 0.3) is 0 Å². The van der Waals surface area contributed by atoms with E-state index in [1.54, 1.807) is 12.1 Å². The molecule has 0 saturated heterocycles. The Hall–Kier alpha value is -2.00. The summed E-state index contributed by atoms with van der Waals surface area (Å²) < 4.78 is 0. The molecule has 2 aromatic rings. The van der Waals surface area contributed by atoms with Crippen molar-refractivity contribution in [1.82, 2.24) is 0 Å². The van der Waals surface area contributed by atoms with Gasteiger partial charge in [0.1, 0.15) is 5.75 Å². The molecule has 3 heteroatoms. The van der Waals surface area contributed by atoms with Crippen LogP contribution in [0.2, 0.25) is 0 Å². The average molecular weight is 242 g/mol. The van der Waals surface area contributed by atoms with Crippen LogP contribution in [0.4, 0.5) is 11.4 Å². The summed E-state index contributed by atoms with van der Waals surface area (Å²) in [6, 6.07) is 13.4. The zero-order valence-corrected chi connectivity index (χ0v) is 10.7. The van der Waals surface area contributed by atoms with Gasteiger partial charge in [-0.05, 0) is 54.4 Å². The Labute approximate surface area is 107 Å². The summed E-state index contributed by atoms with van der Waals surface area (Å²) in [5.41, 5.74) is 10.2. The number of phenols is 1. The van der Waals surface area contributed by atoms with E-state index in [4.69, 9.17) is 5.73 Å². The number of aromatic hydroxyl groups is 1. The van der Waals surface area contributed by atoms with Crippen molar-refractivity contribution in [1.29, 1.82) is 0 Å². The van der Waals surface area contributed by atoms with Crippen molar-refractivity contribution in [2.45, 2.75) is 13.5 Å². The van der Waals surface area contributed by atoms with Crippen LogP contribution < -0.4 is 10.6 Å². The molecule has 0 fully saturated rings. The average Bonchev–Trinajstić information content (AvgIpc) is 2.38. The lowest BCUT2D eigenvalue weighted by atomic mass is 10.1. The van der Waals surface area contributed by atoms with Crippen LogP contribution >= 0.6 is 0 Å². The van der Waals surface area contributed by atoms with Crippen molar-refractivity contribution in [2.24, 2.45) is 5.73 Å². The van der Waals surface area contributed by atoms with Crippen LogP contribution in [0.25, 0.3) is 0 Å². The summed E-state index contributed by atoms with van der Waals surface area (Å²) in [5, 5.41) is 9.29. The number of benzene rings is 2. The Morgan fingerprint density at radius 1 is 1.06 bits per heavy atom. The molecule has 18 heavy (non-hydrogen) atoms. The fourth-order valence-electron chi connectivity index (χ4n) is 1.94. The lowest BCUT2D eigenvalue weighted by Crippen LogP contribution is -2.10. The van der Waals surface area contributed by atoms with Crippen molar-refractivity contribution < 1.29 is 5.11 Å². The van der Waals surface area contributed by atoms with E-state index in [-0.39, 0.29) is 5.75 Å². The normalized spacial score (nSPS) is 10.4. The third-order valence-corrected chi connectivity index (χ3v) is 3.17. The largest absolute Gasteiger partial charge is 0.508 e. The summed E-state index contributed by atoms with van der Waals surface area (Å²) in [6.07, 6.45) is 0. The molecule has 0 aliphatic carbocycles. The van der Waals surface area contributed by atoms with Crippen LogP contribution in [0.1, 0.15) is 11.1 Å². The predicted octanol–water partition coefficient (Wildman–Crippen LogP) is 2.93. The summed E-state index contributed by atoms with van der Waals surface area (Å²) in [5.74, 6) is 0.279. The van der Waals surface area contributed by atoms with Gasteiger partial charge in [-0.25, -0.2) is 0 Å². The Morgan fingerprint density at radius 2 is 1.67 bits per heavy atom. The maximum atomic E-state index is 9.29. The summed E-state index contributed by atoms with van der Waals surface area (Å²) in [7, 11) is 2.00. The van der Waals surface area contributed by atoms with Crippen LogP contribution in [-0.4, -0.2) is 12.2 Å². The van der Waals surface area contributed by atoms with Crippen LogP contribution in [0.15, 0.2) is 42.5 Å². The molecule has 3 N–H and O–H groups in total. The first kappa shape index (κ1) is 12.5. The lowest BCUT2D eigenvalue weighted by molar-refractivity contribution is 0.475. The highest BCUT2D eigenvalue weighted by atomic mass is 16.3. The maximum absolute atomic E-state index is 9.29. The van der Waals surface area contributed by atoms with E-state index in [1.807, 2.05) is 19.2 Å². The highest BCUT2D eigenvalue weighted by molar-refractivity contribution is 5.64. The molecule has 0 spiro atoms. The molecule has 0 aliphatic rings. The van der Waals surface area contributed by atoms with Crippen molar-refractivity contribution >= 4 is 11.4 Å². The van der Waals surface area contributed by atoms with E-state index in [2.05, 4.69) is 30.0 Å². The van der Waals surface area contributed by atoms with E-state index < -0.39 is 0 Å². The molecule has 0 amide bonds. The maximum Gasteiger partial charge on any atom is 0.115 e. The minimum absolute atomic E-state index is 0.279. The van der Waals surface area contributed by atoms with E-state index >= 15 is 0 Å². The molecule has 0 aliphatic heterocycles. The second-order valence-electron chi connectivity index (χ2n) is 4.39. The van der Waals surface area contributed by atoms with Crippen LogP contribution in [-0.2, 0) is 6.54 Å². The molecule has 0 aromatic heterocycles. The fraction of sp³-hybridized carbons (Fsp3) is 0.200. The van der Waals surface area contributed by atoms with Gasteiger partial charge in [-0.1, -0.05) is 6.07 Å². The van der Waals surface area contributed by atoms with Gasteiger partial charge in [-0.15, -0.1) is 0 Å². The number of anilines is 2. The van der Waals surface area contributed by atoms with Gasteiger partial charge < -0.3 is 15.7 Å². The second kappa shape index (κ2) is 5.10. The Balaban J connectivity index is 2.31. The van der Waals surface area contributed by atoms with Gasteiger partial charge in [0.15, 0.2) is 0 Å². The standard InChI is InChI=1S/C15H18N2O/c1-11-9-14(4-3-12(11)10-16)17(2)13-5-7-15(18)8-6-13/h3-9,18H,10,16H2,1-2H3. The molecule has 94 valence electrons. The highest BCUT2D eigenvalue weighted by Gasteiger charge is 2.05. The number of aryl methyl sites for hydroxylation is 1. The number of hydrogen-bond donors (Lipinski definition) is 2. The van der Waals surface area contributed by atoms with E-state index in [9.17, 15) is 5.11 Å². The summed E-state index contributed by atoms with van der Waals surface area (Å²) >= 11 is 0. The van der Waals surface area contributed by atoms with Crippen LogP contribution in [0.5, 0.6) is 5.75 Å². The molecule has 3 nitrogen and oxygen atoms in total. The molecule has 0 unspecified atom stereocenters. The molecular weight excluding hydrogens is 224 g/mol. The van der Waals surface area contributed by atoms with Gasteiger partial charge in [0.2, 0.25) is 0 Å². The molecule has 2 aromatic carbocycles. The molecule has 0 radical (unpaired) electrons. The zero-order valence-electron chi connectivity index (χ0n) is 10.7. The van der Waals surface area contributed by atoms with Crippen molar-refractivity contribution in [2.75, 3.05) is 11.9 Å². The number of hydrogen-bond acceptors (Lipinski definition) is 3. The number of rotatable bonds is 3. The Bertz CT molecular complexity index is 535. The van der Waals surface area contributed by atoms with E-state index in [0.29, 0.717) is 6.54 Å². The fourth-order valence-corrected chi connectivity index (χ4v) is 1.94. The van der Waals surface area contributed by atoms with Crippen molar-refractivity contribution in [3.8, 4) is 5.75 Å². The van der Waals surface area contributed by atoms with Crippen molar-refractivity contribution in [3.63, 3.8) is 0 Å². The van der Waals surface area contributed by atoms with E-state index in [0.717, 1.165) is 16.9 Å². The van der Waals surface area contributed by atoms with Gasteiger partial charge in [-0.3, -0.25) is 0 Å². The smallest absolute Gasteiger partial charge is 0.115 e.